The Balaban J connectivity index is 1.23. The topological polar surface area (TPSA) is 106 Å². The van der Waals surface area contributed by atoms with Gasteiger partial charge >= 0.3 is 6.09 Å². The predicted octanol–water partition coefficient (Wildman–Crippen LogP) is 4.34. The van der Waals surface area contributed by atoms with E-state index in [0.29, 0.717) is 30.2 Å². The molecule has 2 amide bonds. The summed E-state index contributed by atoms with van der Waals surface area (Å²) in [5.74, 6) is 0.507. The Morgan fingerprint density at radius 3 is 2.49 bits per heavy atom. The summed E-state index contributed by atoms with van der Waals surface area (Å²) in [7, 11) is 0. The molecule has 5 rings (SSSR count). The van der Waals surface area contributed by atoms with E-state index >= 15 is 0 Å². The van der Waals surface area contributed by atoms with Gasteiger partial charge in [0.2, 0.25) is 0 Å². The minimum absolute atomic E-state index is 0.188. The van der Waals surface area contributed by atoms with Crippen molar-refractivity contribution < 1.29 is 24.2 Å². The second-order valence-corrected chi connectivity index (χ2v) is 9.22. The standard InChI is InChI=1S/C30H30N4O5/c35-19-27-28(23-9-13-26(14-10-23)38-20-22-5-2-1-3-6-22)34(30(37)39-27)25-11-7-24(8-12-25)29(36)32-15-4-17-33-18-16-31-21-33/h1-3,5-14,16,18,21,27-28,35H,4,15,17,19-20H2,(H,32,36). The molecule has 0 saturated carbocycles. The summed E-state index contributed by atoms with van der Waals surface area (Å²) in [6, 6.07) is 23.6. The van der Waals surface area contributed by atoms with Crippen LogP contribution in [0.5, 0.6) is 5.75 Å². The molecule has 2 unspecified atom stereocenters. The molecule has 39 heavy (non-hydrogen) atoms. The molecule has 1 aliphatic heterocycles. The number of aliphatic hydroxyl groups is 1. The summed E-state index contributed by atoms with van der Waals surface area (Å²) in [6.07, 6.45) is 4.84. The third kappa shape index (κ3) is 6.27. The zero-order valence-corrected chi connectivity index (χ0v) is 21.3. The molecule has 1 aromatic heterocycles. The lowest BCUT2D eigenvalue weighted by Crippen LogP contribution is -2.30. The minimum atomic E-state index is -0.730. The van der Waals surface area contributed by atoms with Crippen LogP contribution in [0.25, 0.3) is 0 Å². The fraction of sp³-hybridized carbons (Fsp3) is 0.233. The Kier molecular flexibility index (Phi) is 8.18. The fourth-order valence-electron chi connectivity index (χ4n) is 4.56. The number of aromatic nitrogens is 2. The van der Waals surface area contributed by atoms with E-state index in [0.717, 1.165) is 24.1 Å². The molecule has 0 aliphatic carbocycles. The Morgan fingerprint density at radius 2 is 1.79 bits per heavy atom. The summed E-state index contributed by atoms with van der Waals surface area (Å²) in [6.45, 7) is 1.42. The molecule has 2 heterocycles. The lowest BCUT2D eigenvalue weighted by Gasteiger charge is -2.25. The molecule has 9 nitrogen and oxygen atoms in total. The number of cyclic esters (lactones) is 1. The molecule has 0 spiro atoms. The van der Waals surface area contributed by atoms with Crippen LogP contribution in [0.1, 0.15) is 33.9 Å². The Bertz CT molecular complexity index is 1360. The maximum Gasteiger partial charge on any atom is 0.415 e. The summed E-state index contributed by atoms with van der Waals surface area (Å²) in [5.41, 5.74) is 2.92. The number of amides is 2. The highest BCUT2D eigenvalue weighted by Gasteiger charge is 2.43. The highest BCUT2D eigenvalue weighted by molar-refractivity contribution is 5.96. The molecule has 0 radical (unpaired) electrons. The largest absolute Gasteiger partial charge is 0.489 e. The fourth-order valence-corrected chi connectivity index (χ4v) is 4.56. The van der Waals surface area contributed by atoms with E-state index in [1.165, 1.54) is 4.90 Å². The molecule has 1 fully saturated rings. The van der Waals surface area contributed by atoms with Gasteiger partial charge in [-0.1, -0.05) is 42.5 Å². The molecule has 9 heteroatoms. The van der Waals surface area contributed by atoms with Crippen molar-refractivity contribution >= 4 is 17.7 Å². The number of aryl methyl sites for hydroxylation is 1. The normalized spacial score (nSPS) is 16.6. The number of anilines is 1. The third-order valence-corrected chi connectivity index (χ3v) is 6.57. The van der Waals surface area contributed by atoms with Gasteiger partial charge < -0.3 is 24.5 Å². The lowest BCUT2D eigenvalue weighted by molar-refractivity contribution is 0.0829. The first-order valence-electron chi connectivity index (χ1n) is 12.8. The van der Waals surface area contributed by atoms with Crippen LogP contribution in [0.3, 0.4) is 0 Å². The zero-order valence-electron chi connectivity index (χ0n) is 21.3. The third-order valence-electron chi connectivity index (χ3n) is 6.57. The van der Waals surface area contributed by atoms with Gasteiger partial charge in [-0.25, -0.2) is 9.78 Å². The molecule has 3 aromatic carbocycles. The zero-order chi connectivity index (χ0) is 27.0. The Hall–Kier alpha value is -4.63. The van der Waals surface area contributed by atoms with Gasteiger partial charge in [0.15, 0.2) is 6.10 Å². The van der Waals surface area contributed by atoms with Gasteiger partial charge in [-0.15, -0.1) is 0 Å². The van der Waals surface area contributed by atoms with Gasteiger partial charge in [0.1, 0.15) is 18.4 Å². The highest BCUT2D eigenvalue weighted by Crippen LogP contribution is 2.38. The molecular formula is C30H30N4O5. The molecule has 2 atom stereocenters. The van der Waals surface area contributed by atoms with E-state index in [1.807, 2.05) is 65.4 Å². The first kappa shape index (κ1) is 26.0. The number of nitrogens with one attached hydrogen (secondary N) is 1. The summed E-state index contributed by atoms with van der Waals surface area (Å²) in [5, 5.41) is 12.9. The van der Waals surface area contributed by atoms with E-state index in [1.54, 1.807) is 36.8 Å². The monoisotopic (exact) mass is 526 g/mol. The van der Waals surface area contributed by atoms with Crippen molar-refractivity contribution in [3.8, 4) is 5.75 Å². The number of benzene rings is 3. The maximum atomic E-state index is 12.8. The number of imidazole rings is 1. The van der Waals surface area contributed by atoms with Crippen LogP contribution < -0.4 is 15.0 Å². The van der Waals surface area contributed by atoms with Gasteiger partial charge in [0.05, 0.1) is 12.9 Å². The Labute approximate surface area is 226 Å². The van der Waals surface area contributed by atoms with E-state index in [9.17, 15) is 14.7 Å². The summed E-state index contributed by atoms with van der Waals surface area (Å²) >= 11 is 0. The van der Waals surface area contributed by atoms with Crippen LogP contribution in [0.2, 0.25) is 0 Å². The van der Waals surface area contributed by atoms with Crippen molar-refractivity contribution in [2.24, 2.45) is 0 Å². The van der Waals surface area contributed by atoms with Crippen molar-refractivity contribution in [2.75, 3.05) is 18.1 Å². The smallest absolute Gasteiger partial charge is 0.415 e. The van der Waals surface area contributed by atoms with Crippen LogP contribution >= 0.6 is 0 Å². The van der Waals surface area contributed by atoms with E-state index in [2.05, 4.69) is 10.3 Å². The second-order valence-electron chi connectivity index (χ2n) is 9.22. The van der Waals surface area contributed by atoms with Crippen LogP contribution in [0.4, 0.5) is 10.5 Å². The quantitative estimate of drug-likeness (QED) is 0.282. The van der Waals surface area contributed by atoms with Gasteiger partial charge in [-0.05, 0) is 53.9 Å². The molecule has 4 aromatic rings. The lowest BCUT2D eigenvalue weighted by atomic mass is 10.00. The van der Waals surface area contributed by atoms with Crippen LogP contribution in [0.15, 0.2) is 97.6 Å². The number of hydrogen-bond donors (Lipinski definition) is 2. The Morgan fingerprint density at radius 1 is 1.03 bits per heavy atom. The van der Waals surface area contributed by atoms with Gasteiger partial charge in [-0.2, -0.15) is 0 Å². The van der Waals surface area contributed by atoms with Crippen LogP contribution in [-0.4, -0.2) is 45.9 Å². The van der Waals surface area contributed by atoms with E-state index in [-0.39, 0.29) is 12.5 Å². The molecule has 200 valence electrons. The average molecular weight is 527 g/mol. The first-order chi connectivity index (χ1) is 19.1. The molecule has 0 bridgehead atoms. The number of aliphatic hydroxyl groups excluding tert-OH is 1. The number of hydrogen-bond acceptors (Lipinski definition) is 6. The van der Waals surface area contributed by atoms with E-state index in [4.69, 9.17) is 9.47 Å². The molecular weight excluding hydrogens is 496 g/mol. The number of carbonyl (C=O) groups is 2. The average Bonchev–Trinajstić information content (AvgIpc) is 3.62. The number of ether oxygens (including phenoxy) is 2. The molecule has 1 aliphatic rings. The second kappa shape index (κ2) is 12.3. The molecule has 1 saturated heterocycles. The SMILES string of the molecule is O=C(NCCCn1ccnc1)c1ccc(N2C(=O)OC(CO)C2c2ccc(OCc3ccccc3)cc2)cc1. The van der Waals surface area contributed by atoms with E-state index < -0.39 is 18.2 Å². The van der Waals surface area contributed by atoms with Gasteiger partial charge in [-0.3, -0.25) is 9.69 Å². The van der Waals surface area contributed by atoms with Gasteiger partial charge in [0, 0.05) is 36.7 Å². The van der Waals surface area contributed by atoms with Crippen LogP contribution in [-0.2, 0) is 17.9 Å². The first-order valence-corrected chi connectivity index (χ1v) is 12.8. The van der Waals surface area contributed by atoms with Crippen molar-refractivity contribution in [1.29, 1.82) is 0 Å². The predicted molar refractivity (Wildman–Crippen MR) is 145 cm³/mol. The minimum Gasteiger partial charge on any atom is -0.489 e. The van der Waals surface area contributed by atoms with Crippen molar-refractivity contribution in [3.05, 3.63) is 114 Å². The maximum absolute atomic E-state index is 12.8. The van der Waals surface area contributed by atoms with Gasteiger partial charge in [0.25, 0.3) is 5.91 Å². The van der Waals surface area contributed by atoms with Crippen molar-refractivity contribution in [2.45, 2.75) is 31.7 Å². The van der Waals surface area contributed by atoms with Crippen molar-refractivity contribution in [3.63, 3.8) is 0 Å². The number of rotatable bonds is 11. The molecule has 2 N–H and O–H groups in total. The summed E-state index contributed by atoms with van der Waals surface area (Å²) < 4.78 is 13.3. The summed E-state index contributed by atoms with van der Waals surface area (Å²) in [4.78, 5) is 30.9. The van der Waals surface area contributed by atoms with Crippen LogP contribution in [0, 0.1) is 0 Å². The highest BCUT2D eigenvalue weighted by atomic mass is 16.6. The van der Waals surface area contributed by atoms with Crippen molar-refractivity contribution in [1.82, 2.24) is 14.9 Å². The number of carbonyl (C=O) groups excluding carboxylic acids is 2. The number of nitrogens with zero attached hydrogens (tertiary/aromatic N) is 3.